The third-order valence-electron chi connectivity index (χ3n) is 2.01. The highest BCUT2D eigenvalue weighted by molar-refractivity contribution is 7.99. The maximum atomic E-state index is 12.3. The van der Waals surface area contributed by atoms with Crippen molar-refractivity contribution >= 4 is 11.8 Å². The fourth-order valence-corrected chi connectivity index (χ4v) is 2.39. The monoisotopic (exact) mass is 236 g/mol. The molecule has 1 unspecified atom stereocenters. The van der Waals surface area contributed by atoms with Crippen LogP contribution >= 0.6 is 11.8 Å². The first-order valence-electron chi connectivity index (χ1n) is 4.23. The van der Waals surface area contributed by atoms with Crippen molar-refractivity contribution in [2.45, 2.75) is 30.1 Å². The van der Waals surface area contributed by atoms with Gasteiger partial charge in [-0.2, -0.15) is 13.2 Å². The van der Waals surface area contributed by atoms with E-state index in [0.717, 1.165) is 0 Å². The average molecular weight is 236 g/mol. The van der Waals surface area contributed by atoms with Gasteiger partial charge in [-0.05, 0) is 0 Å². The summed E-state index contributed by atoms with van der Waals surface area (Å²) < 4.78 is 38.2. The summed E-state index contributed by atoms with van der Waals surface area (Å²) in [5, 5.41) is 0.246. The minimum atomic E-state index is -4.55. The summed E-state index contributed by atoms with van der Waals surface area (Å²) in [6, 6.07) is 0.544. The summed E-state index contributed by atoms with van der Waals surface area (Å²) in [6.07, 6.45) is -4.55. The van der Waals surface area contributed by atoms with Crippen molar-refractivity contribution in [3.8, 4) is 0 Å². The van der Waals surface area contributed by atoms with Crippen molar-refractivity contribution in [3.05, 3.63) is 22.1 Å². The predicted octanol–water partition coefficient (Wildman–Crippen LogP) is 1.76. The highest BCUT2D eigenvalue weighted by atomic mass is 32.2. The van der Waals surface area contributed by atoms with Gasteiger partial charge < -0.3 is 0 Å². The Morgan fingerprint density at radius 2 is 2.27 bits per heavy atom. The molecule has 2 heterocycles. The van der Waals surface area contributed by atoms with Crippen LogP contribution in [0, 0.1) is 0 Å². The van der Waals surface area contributed by atoms with Crippen LogP contribution in [0.1, 0.15) is 12.6 Å². The minimum Gasteiger partial charge on any atom is -0.286 e. The summed E-state index contributed by atoms with van der Waals surface area (Å²) in [5.41, 5.74) is -1.75. The van der Waals surface area contributed by atoms with E-state index in [-0.39, 0.29) is 10.4 Å². The van der Waals surface area contributed by atoms with Crippen LogP contribution in [-0.4, -0.2) is 14.8 Å². The number of halogens is 3. The molecule has 0 saturated heterocycles. The van der Waals surface area contributed by atoms with Gasteiger partial charge in [-0.1, -0.05) is 18.7 Å². The first-order chi connectivity index (χ1) is 6.88. The van der Waals surface area contributed by atoms with Crippen molar-refractivity contribution < 1.29 is 13.2 Å². The van der Waals surface area contributed by atoms with E-state index >= 15 is 0 Å². The number of aromatic nitrogens is 2. The largest absolute Gasteiger partial charge is 0.433 e. The van der Waals surface area contributed by atoms with Crippen molar-refractivity contribution in [2.24, 2.45) is 0 Å². The normalized spacial score (nSPS) is 20.4. The zero-order chi connectivity index (χ0) is 11.2. The standard InChI is InChI=1S/C8H7F3N2OS/c1-4-3-13-6(14)2-5(8(9,10)11)12-7(13)15-4/h2,4H,3H2,1H3. The average Bonchev–Trinajstić information content (AvgIpc) is 2.44. The molecule has 0 aliphatic carbocycles. The Labute approximate surface area is 87.3 Å². The molecule has 7 heteroatoms. The summed E-state index contributed by atoms with van der Waals surface area (Å²) in [4.78, 5) is 14.8. The number of nitrogens with zero attached hydrogens (tertiary/aromatic N) is 2. The maximum absolute atomic E-state index is 12.3. The van der Waals surface area contributed by atoms with E-state index in [0.29, 0.717) is 12.6 Å². The Balaban J connectivity index is 2.54. The molecule has 0 amide bonds. The third-order valence-corrected chi connectivity index (χ3v) is 3.08. The first-order valence-corrected chi connectivity index (χ1v) is 5.11. The molecule has 1 atom stereocenters. The van der Waals surface area contributed by atoms with Crippen molar-refractivity contribution in [1.82, 2.24) is 9.55 Å². The number of hydrogen-bond acceptors (Lipinski definition) is 3. The maximum Gasteiger partial charge on any atom is 0.433 e. The summed E-state index contributed by atoms with van der Waals surface area (Å²) in [5.74, 6) is 0. The van der Waals surface area contributed by atoms with E-state index in [2.05, 4.69) is 4.98 Å². The van der Waals surface area contributed by atoms with Gasteiger partial charge in [0.15, 0.2) is 10.9 Å². The molecule has 15 heavy (non-hydrogen) atoms. The fourth-order valence-electron chi connectivity index (χ4n) is 1.36. The second kappa shape index (κ2) is 3.26. The summed E-state index contributed by atoms with van der Waals surface area (Å²) in [6.45, 7) is 2.26. The lowest BCUT2D eigenvalue weighted by Gasteiger charge is -2.07. The van der Waals surface area contributed by atoms with Crippen LogP contribution in [0.25, 0.3) is 0 Å². The van der Waals surface area contributed by atoms with E-state index < -0.39 is 17.4 Å². The van der Waals surface area contributed by atoms with E-state index in [4.69, 9.17) is 0 Å². The fraction of sp³-hybridized carbons (Fsp3) is 0.500. The van der Waals surface area contributed by atoms with E-state index in [1.165, 1.54) is 16.3 Å². The Morgan fingerprint density at radius 3 is 2.87 bits per heavy atom. The number of fused-ring (bicyclic) bond motifs is 1. The quantitative estimate of drug-likeness (QED) is 0.644. The van der Waals surface area contributed by atoms with Crippen LogP contribution in [-0.2, 0) is 12.7 Å². The van der Waals surface area contributed by atoms with Crippen molar-refractivity contribution in [3.63, 3.8) is 0 Å². The van der Waals surface area contributed by atoms with Gasteiger partial charge in [0.2, 0.25) is 0 Å². The van der Waals surface area contributed by atoms with Gasteiger partial charge in [-0.15, -0.1) is 0 Å². The highest BCUT2D eigenvalue weighted by Crippen LogP contribution is 2.32. The lowest BCUT2D eigenvalue weighted by atomic mass is 10.4. The van der Waals surface area contributed by atoms with Gasteiger partial charge in [0.25, 0.3) is 5.56 Å². The zero-order valence-electron chi connectivity index (χ0n) is 7.71. The molecule has 0 saturated carbocycles. The number of hydrogen-bond donors (Lipinski definition) is 0. The summed E-state index contributed by atoms with van der Waals surface area (Å²) >= 11 is 1.19. The Morgan fingerprint density at radius 1 is 1.60 bits per heavy atom. The molecule has 0 bridgehead atoms. The van der Waals surface area contributed by atoms with E-state index in [1.54, 1.807) is 0 Å². The van der Waals surface area contributed by atoms with Crippen molar-refractivity contribution in [1.29, 1.82) is 0 Å². The molecule has 82 valence electrons. The SMILES string of the molecule is CC1Cn2c(nc(C(F)(F)F)cc2=O)S1. The Kier molecular flexibility index (Phi) is 2.29. The predicted molar refractivity (Wildman–Crippen MR) is 48.8 cm³/mol. The molecule has 0 fully saturated rings. The van der Waals surface area contributed by atoms with Crippen LogP contribution in [0.4, 0.5) is 13.2 Å². The third kappa shape index (κ3) is 1.88. The van der Waals surface area contributed by atoms with Crippen LogP contribution in [0.2, 0.25) is 0 Å². The second-order valence-electron chi connectivity index (χ2n) is 3.30. The van der Waals surface area contributed by atoms with Gasteiger partial charge in [0, 0.05) is 17.9 Å². The lowest BCUT2D eigenvalue weighted by Crippen LogP contribution is -2.24. The summed E-state index contributed by atoms with van der Waals surface area (Å²) in [7, 11) is 0. The molecule has 0 N–H and O–H groups in total. The molecular formula is C8H7F3N2OS. The first kappa shape index (κ1) is 10.5. The number of thioether (sulfide) groups is 1. The smallest absolute Gasteiger partial charge is 0.286 e. The van der Waals surface area contributed by atoms with Crippen molar-refractivity contribution in [2.75, 3.05) is 0 Å². The molecule has 0 radical (unpaired) electrons. The van der Waals surface area contributed by atoms with Gasteiger partial charge in [-0.25, -0.2) is 4.98 Å². The number of alkyl halides is 3. The molecule has 3 nitrogen and oxygen atoms in total. The van der Waals surface area contributed by atoms with E-state index in [9.17, 15) is 18.0 Å². The second-order valence-corrected chi connectivity index (χ2v) is 4.70. The topological polar surface area (TPSA) is 34.9 Å². The van der Waals surface area contributed by atoms with Gasteiger partial charge >= 0.3 is 6.18 Å². The number of rotatable bonds is 0. The zero-order valence-corrected chi connectivity index (χ0v) is 8.52. The molecule has 1 aromatic rings. The lowest BCUT2D eigenvalue weighted by molar-refractivity contribution is -0.141. The van der Waals surface area contributed by atoms with Crippen LogP contribution < -0.4 is 5.56 Å². The Hall–Kier alpha value is -0.980. The molecule has 2 rings (SSSR count). The molecule has 1 aliphatic heterocycles. The van der Waals surface area contributed by atoms with Gasteiger partial charge in [-0.3, -0.25) is 9.36 Å². The van der Waals surface area contributed by atoms with E-state index in [1.807, 2.05) is 6.92 Å². The molecular weight excluding hydrogens is 229 g/mol. The molecule has 1 aliphatic rings. The van der Waals surface area contributed by atoms with Crippen LogP contribution in [0.15, 0.2) is 16.0 Å². The van der Waals surface area contributed by atoms with Gasteiger partial charge in [0.1, 0.15) is 0 Å². The van der Waals surface area contributed by atoms with Crippen LogP contribution in [0.3, 0.4) is 0 Å². The molecule has 0 spiro atoms. The highest BCUT2D eigenvalue weighted by Gasteiger charge is 2.35. The van der Waals surface area contributed by atoms with Gasteiger partial charge in [0.05, 0.1) is 0 Å². The molecule has 1 aromatic heterocycles. The molecule has 0 aromatic carbocycles. The van der Waals surface area contributed by atoms with Crippen LogP contribution in [0.5, 0.6) is 0 Å². The minimum absolute atomic E-state index is 0.0914. The Bertz CT molecular complexity index is 454.